The lowest BCUT2D eigenvalue weighted by atomic mass is 10.1. The summed E-state index contributed by atoms with van der Waals surface area (Å²) in [5.41, 5.74) is 2.24. The number of ether oxygens (including phenoxy) is 3. The Hall–Kier alpha value is -3.20. The first-order chi connectivity index (χ1) is 14.0. The minimum Gasteiger partial charge on any atom is -0.497 e. The lowest BCUT2D eigenvalue weighted by Gasteiger charge is -2.10. The molecule has 0 aliphatic heterocycles. The van der Waals surface area contributed by atoms with E-state index in [-0.39, 0.29) is 11.5 Å². The molecule has 152 valence electrons. The van der Waals surface area contributed by atoms with Gasteiger partial charge in [0.05, 0.1) is 38.2 Å². The van der Waals surface area contributed by atoms with Crippen molar-refractivity contribution in [2.45, 2.75) is 12.1 Å². The van der Waals surface area contributed by atoms with Gasteiger partial charge in [-0.1, -0.05) is 23.4 Å². The molecule has 0 saturated heterocycles. The third-order valence-electron chi connectivity index (χ3n) is 4.30. The van der Waals surface area contributed by atoms with E-state index in [2.05, 4.69) is 10.2 Å². The van der Waals surface area contributed by atoms with Crippen molar-refractivity contribution in [2.24, 2.45) is 0 Å². The first-order valence-electron chi connectivity index (χ1n) is 8.72. The number of nitrogen functional groups attached to an aromatic ring is 1. The van der Waals surface area contributed by atoms with E-state index in [4.69, 9.17) is 20.1 Å². The van der Waals surface area contributed by atoms with Crippen molar-refractivity contribution in [3.8, 4) is 28.6 Å². The first-order valence-corrected chi connectivity index (χ1v) is 9.70. The number of thioether (sulfide) groups is 1. The predicted molar refractivity (Wildman–Crippen MR) is 111 cm³/mol. The molecule has 3 rings (SSSR count). The predicted octanol–water partition coefficient (Wildman–Crippen LogP) is 2.97. The quantitative estimate of drug-likeness (QED) is 0.341. The van der Waals surface area contributed by atoms with Gasteiger partial charge in [-0.15, -0.1) is 10.2 Å². The molecular formula is C20H22N4O4S. The van der Waals surface area contributed by atoms with Crippen LogP contribution in [0.2, 0.25) is 0 Å². The fourth-order valence-electron chi connectivity index (χ4n) is 2.79. The summed E-state index contributed by atoms with van der Waals surface area (Å²) in [4.78, 5) is 12.7. The van der Waals surface area contributed by atoms with Crippen LogP contribution in [0.25, 0.3) is 11.4 Å². The molecule has 0 amide bonds. The molecule has 9 heteroatoms. The highest BCUT2D eigenvalue weighted by molar-refractivity contribution is 7.99. The van der Waals surface area contributed by atoms with Crippen molar-refractivity contribution in [1.29, 1.82) is 0 Å². The van der Waals surface area contributed by atoms with Crippen LogP contribution >= 0.6 is 11.8 Å². The van der Waals surface area contributed by atoms with Crippen molar-refractivity contribution in [3.63, 3.8) is 0 Å². The lowest BCUT2D eigenvalue weighted by molar-refractivity contribution is 0.101. The normalized spacial score (nSPS) is 10.6. The summed E-state index contributed by atoms with van der Waals surface area (Å²) in [5, 5.41) is 8.72. The van der Waals surface area contributed by atoms with Gasteiger partial charge in [-0.2, -0.15) is 0 Å². The third-order valence-corrected chi connectivity index (χ3v) is 5.24. The van der Waals surface area contributed by atoms with Gasteiger partial charge in [0.1, 0.15) is 17.2 Å². The number of hydrogen-bond donors (Lipinski definition) is 1. The number of aromatic nitrogens is 3. The van der Waals surface area contributed by atoms with Crippen LogP contribution in [-0.4, -0.2) is 47.7 Å². The third kappa shape index (κ3) is 4.29. The molecule has 29 heavy (non-hydrogen) atoms. The average molecular weight is 414 g/mol. The van der Waals surface area contributed by atoms with E-state index in [1.807, 2.05) is 25.1 Å². The molecule has 0 atom stereocenters. The maximum absolute atomic E-state index is 12.7. The smallest absolute Gasteiger partial charge is 0.210 e. The summed E-state index contributed by atoms with van der Waals surface area (Å²) in [6.45, 7) is 1.97. The van der Waals surface area contributed by atoms with Gasteiger partial charge in [-0.25, -0.2) is 4.68 Å². The van der Waals surface area contributed by atoms with Crippen LogP contribution < -0.4 is 20.1 Å². The van der Waals surface area contributed by atoms with E-state index in [9.17, 15) is 4.79 Å². The van der Waals surface area contributed by atoms with Crippen LogP contribution in [0.15, 0.2) is 41.6 Å². The highest BCUT2D eigenvalue weighted by Gasteiger charge is 2.19. The minimum atomic E-state index is -0.118. The molecule has 3 aromatic rings. The Morgan fingerprint density at radius 2 is 1.79 bits per heavy atom. The second-order valence-corrected chi connectivity index (χ2v) is 7.10. The van der Waals surface area contributed by atoms with Gasteiger partial charge in [0.15, 0.2) is 11.6 Å². The SMILES string of the molecule is COc1ccc(C(=O)CSc2nnc(-c3cc(C)ccc3OC)n2N)c(OC)c1. The van der Waals surface area contributed by atoms with Crippen molar-refractivity contribution < 1.29 is 19.0 Å². The van der Waals surface area contributed by atoms with Crippen molar-refractivity contribution in [3.05, 3.63) is 47.5 Å². The van der Waals surface area contributed by atoms with E-state index in [0.29, 0.717) is 33.8 Å². The number of Topliss-reactive ketones (excluding diaryl/α,β-unsaturated/α-hetero) is 1. The standard InChI is InChI=1S/C20H22N4O4S/c1-12-5-8-17(27-3)15(9-12)19-22-23-20(24(19)21)29-11-16(25)14-7-6-13(26-2)10-18(14)28-4/h5-10H,11,21H2,1-4H3. The van der Waals surface area contributed by atoms with Gasteiger partial charge >= 0.3 is 0 Å². The molecule has 8 nitrogen and oxygen atoms in total. The maximum atomic E-state index is 12.7. The monoisotopic (exact) mass is 414 g/mol. The summed E-state index contributed by atoms with van der Waals surface area (Å²) in [6, 6.07) is 10.8. The Morgan fingerprint density at radius 1 is 1.03 bits per heavy atom. The zero-order valence-corrected chi connectivity index (χ0v) is 17.4. The highest BCUT2D eigenvalue weighted by atomic mass is 32.2. The van der Waals surface area contributed by atoms with Gasteiger partial charge in [-0.05, 0) is 31.2 Å². The van der Waals surface area contributed by atoms with E-state index in [1.54, 1.807) is 32.4 Å². The van der Waals surface area contributed by atoms with E-state index in [1.165, 1.54) is 23.5 Å². The number of nitrogens with zero attached hydrogens (tertiary/aromatic N) is 3. The Balaban J connectivity index is 1.80. The molecule has 0 bridgehead atoms. The molecule has 1 aromatic heterocycles. The van der Waals surface area contributed by atoms with Gasteiger partial charge in [0.25, 0.3) is 0 Å². The number of benzene rings is 2. The number of nitrogens with two attached hydrogens (primary N) is 1. The van der Waals surface area contributed by atoms with Crippen molar-refractivity contribution in [1.82, 2.24) is 14.9 Å². The van der Waals surface area contributed by atoms with Crippen LogP contribution in [0, 0.1) is 6.92 Å². The molecule has 0 fully saturated rings. The summed E-state index contributed by atoms with van der Waals surface area (Å²) in [7, 11) is 4.65. The van der Waals surface area contributed by atoms with Crippen LogP contribution in [0.3, 0.4) is 0 Å². The lowest BCUT2D eigenvalue weighted by Crippen LogP contribution is -2.13. The molecule has 0 unspecified atom stereocenters. The summed E-state index contributed by atoms with van der Waals surface area (Å²) in [6.07, 6.45) is 0. The number of hydrogen-bond acceptors (Lipinski definition) is 8. The Labute approximate surface area is 172 Å². The van der Waals surface area contributed by atoms with Gasteiger partial charge in [0.2, 0.25) is 5.16 Å². The second kappa shape index (κ2) is 8.87. The number of methoxy groups -OCH3 is 3. The van der Waals surface area contributed by atoms with Crippen molar-refractivity contribution >= 4 is 17.5 Å². The minimum absolute atomic E-state index is 0.118. The fourth-order valence-corrected chi connectivity index (χ4v) is 3.53. The molecule has 0 radical (unpaired) electrons. The molecule has 0 saturated carbocycles. The average Bonchev–Trinajstić information content (AvgIpc) is 3.11. The zero-order valence-electron chi connectivity index (χ0n) is 16.6. The van der Waals surface area contributed by atoms with Crippen LogP contribution in [0.4, 0.5) is 0 Å². The number of carbonyl (C=O) groups excluding carboxylic acids is 1. The van der Waals surface area contributed by atoms with Crippen LogP contribution in [-0.2, 0) is 0 Å². The Bertz CT molecular complexity index is 1040. The Morgan fingerprint density at radius 3 is 2.48 bits per heavy atom. The topological polar surface area (TPSA) is 101 Å². The van der Waals surface area contributed by atoms with E-state index < -0.39 is 0 Å². The maximum Gasteiger partial charge on any atom is 0.210 e. The fraction of sp³-hybridized carbons (Fsp3) is 0.250. The Kier molecular flexibility index (Phi) is 6.28. The summed E-state index contributed by atoms with van der Waals surface area (Å²) >= 11 is 1.20. The molecular weight excluding hydrogens is 392 g/mol. The number of rotatable bonds is 8. The number of ketones is 1. The van der Waals surface area contributed by atoms with Crippen LogP contribution in [0.1, 0.15) is 15.9 Å². The van der Waals surface area contributed by atoms with Gasteiger partial charge in [0, 0.05) is 6.07 Å². The van der Waals surface area contributed by atoms with E-state index in [0.717, 1.165) is 11.1 Å². The van der Waals surface area contributed by atoms with Gasteiger partial charge in [-0.3, -0.25) is 4.79 Å². The second-order valence-electron chi connectivity index (χ2n) is 6.16. The van der Waals surface area contributed by atoms with E-state index >= 15 is 0 Å². The molecule has 0 aliphatic carbocycles. The number of carbonyl (C=O) groups is 1. The highest BCUT2D eigenvalue weighted by Crippen LogP contribution is 2.31. The van der Waals surface area contributed by atoms with Crippen molar-refractivity contribution in [2.75, 3.05) is 32.9 Å². The number of aryl methyl sites for hydroxylation is 1. The summed E-state index contributed by atoms with van der Waals surface area (Å²) < 4.78 is 17.2. The zero-order chi connectivity index (χ0) is 21.0. The largest absolute Gasteiger partial charge is 0.497 e. The first kappa shape index (κ1) is 20.5. The molecule has 1 heterocycles. The molecule has 0 aliphatic rings. The van der Waals surface area contributed by atoms with Gasteiger partial charge < -0.3 is 20.1 Å². The van der Waals surface area contributed by atoms with Crippen LogP contribution in [0.5, 0.6) is 17.2 Å². The molecule has 2 N–H and O–H groups in total. The molecule has 0 spiro atoms. The summed E-state index contributed by atoms with van der Waals surface area (Å²) in [5.74, 6) is 8.37. The molecule has 2 aromatic carbocycles.